The summed E-state index contributed by atoms with van der Waals surface area (Å²) in [7, 11) is 0. The SMILES string of the molecule is CCCCC[C@@H](O)[C@H]1C[C@@H](OC(C)=O)[C@H](CCCC(=O)OCC)O1. The molecule has 0 spiro atoms. The second-order valence-electron chi connectivity index (χ2n) is 6.36. The number of carbonyl (C=O) groups excluding carboxylic acids is 2. The first-order valence-electron chi connectivity index (χ1n) is 9.14. The Morgan fingerprint density at radius 1 is 1.25 bits per heavy atom. The van der Waals surface area contributed by atoms with E-state index >= 15 is 0 Å². The van der Waals surface area contributed by atoms with Gasteiger partial charge >= 0.3 is 11.9 Å². The van der Waals surface area contributed by atoms with E-state index in [1.54, 1.807) is 6.92 Å². The summed E-state index contributed by atoms with van der Waals surface area (Å²) in [5.74, 6) is -0.573. The van der Waals surface area contributed by atoms with Gasteiger partial charge in [0.25, 0.3) is 0 Å². The van der Waals surface area contributed by atoms with Crippen LogP contribution >= 0.6 is 0 Å². The minimum Gasteiger partial charge on any atom is -0.466 e. The average Bonchev–Trinajstić information content (AvgIpc) is 2.90. The third-order valence-corrected chi connectivity index (χ3v) is 4.25. The first-order valence-corrected chi connectivity index (χ1v) is 9.14. The number of rotatable bonds is 11. The van der Waals surface area contributed by atoms with Crippen LogP contribution in [-0.4, -0.2) is 48.1 Å². The Morgan fingerprint density at radius 2 is 2.00 bits per heavy atom. The van der Waals surface area contributed by atoms with E-state index < -0.39 is 6.10 Å². The van der Waals surface area contributed by atoms with Gasteiger partial charge in [0, 0.05) is 19.8 Å². The van der Waals surface area contributed by atoms with Crippen molar-refractivity contribution < 1.29 is 28.9 Å². The molecule has 0 radical (unpaired) electrons. The maximum absolute atomic E-state index is 11.4. The highest BCUT2D eigenvalue weighted by atomic mass is 16.6. The van der Waals surface area contributed by atoms with Crippen molar-refractivity contribution in [3.8, 4) is 0 Å². The Hall–Kier alpha value is -1.14. The van der Waals surface area contributed by atoms with Gasteiger partial charge in [0.15, 0.2) is 0 Å². The highest BCUT2D eigenvalue weighted by Crippen LogP contribution is 2.30. The summed E-state index contributed by atoms with van der Waals surface area (Å²) in [6, 6.07) is 0. The Balaban J connectivity index is 2.47. The summed E-state index contributed by atoms with van der Waals surface area (Å²) in [6.45, 7) is 5.65. The molecule has 24 heavy (non-hydrogen) atoms. The first-order chi connectivity index (χ1) is 11.5. The summed E-state index contributed by atoms with van der Waals surface area (Å²) in [5.41, 5.74) is 0. The summed E-state index contributed by atoms with van der Waals surface area (Å²) < 4.78 is 16.2. The van der Waals surface area contributed by atoms with Gasteiger partial charge in [0.05, 0.1) is 24.9 Å². The zero-order valence-electron chi connectivity index (χ0n) is 15.2. The molecule has 0 aromatic carbocycles. The molecular weight excluding hydrogens is 312 g/mol. The van der Waals surface area contributed by atoms with Crippen LogP contribution in [0.15, 0.2) is 0 Å². The monoisotopic (exact) mass is 344 g/mol. The normalized spacial score (nSPS) is 24.6. The van der Waals surface area contributed by atoms with Crippen LogP contribution in [-0.2, 0) is 23.8 Å². The molecule has 0 aliphatic carbocycles. The summed E-state index contributed by atoms with van der Waals surface area (Å²) in [4.78, 5) is 22.7. The molecule has 0 amide bonds. The zero-order chi connectivity index (χ0) is 17.9. The van der Waals surface area contributed by atoms with Crippen LogP contribution in [0.5, 0.6) is 0 Å². The maximum Gasteiger partial charge on any atom is 0.305 e. The van der Waals surface area contributed by atoms with E-state index in [1.165, 1.54) is 6.92 Å². The fourth-order valence-electron chi connectivity index (χ4n) is 3.06. The van der Waals surface area contributed by atoms with Crippen LogP contribution in [0.4, 0.5) is 0 Å². The lowest BCUT2D eigenvalue weighted by Gasteiger charge is -2.19. The summed E-state index contributed by atoms with van der Waals surface area (Å²) in [5, 5.41) is 10.3. The van der Waals surface area contributed by atoms with Crippen LogP contribution in [0.1, 0.15) is 72.1 Å². The molecule has 1 saturated heterocycles. The quantitative estimate of drug-likeness (QED) is 0.458. The molecule has 0 unspecified atom stereocenters. The largest absolute Gasteiger partial charge is 0.466 e. The molecule has 4 atom stereocenters. The number of carbonyl (C=O) groups is 2. The molecule has 1 aliphatic rings. The predicted molar refractivity (Wildman–Crippen MR) is 89.5 cm³/mol. The first kappa shape index (κ1) is 20.9. The number of aliphatic hydroxyl groups is 1. The lowest BCUT2D eigenvalue weighted by atomic mass is 10.0. The van der Waals surface area contributed by atoms with Crippen molar-refractivity contribution in [3.05, 3.63) is 0 Å². The number of ether oxygens (including phenoxy) is 3. The molecule has 0 aromatic rings. The molecule has 6 heteroatoms. The average molecular weight is 344 g/mol. The predicted octanol–water partition coefficient (Wildman–Crippen LogP) is 2.75. The Bertz CT molecular complexity index is 384. The minimum atomic E-state index is -0.537. The molecule has 1 N–H and O–H groups in total. The van der Waals surface area contributed by atoms with E-state index in [9.17, 15) is 14.7 Å². The summed E-state index contributed by atoms with van der Waals surface area (Å²) >= 11 is 0. The Kier molecular flexibility index (Phi) is 9.95. The number of unbranched alkanes of at least 4 members (excludes halogenated alkanes) is 2. The van der Waals surface area contributed by atoms with Crippen molar-refractivity contribution in [1.29, 1.82) is 0 Å². The molecule has 6 nitrogen and oxygen atoms in total. The van der Waals surface area contributed by atoms with E-state index in [4.69, 9.17) is 14.2 Å². The van der Waals surface area contributed by atoms with Gasteiger partial charge in [-0.25, -0.2) is 0 Å². The number of hydrogen-bond acceptors (Lipinski definition) is 6. The van der Waals surface area contributed by atoms with Gasteiger partial charge in [-0.3, -0.25) is 9.59 Å². The van der Waals surface area contributed by atoms with E-state index in [0.29, 0.717) is 38.7 Å². The fourth-order valence-corrected chi connectivity index (χ4v) is 3.06. The van der Waals surface area contributed by atoms with Crippen LogP contribution in [0.2, 0.25) is 0 Å². The van der Waals surface area contributed by atoms with E-state index in [0.717, 1.165) is 19.3 Å². The van der Waals surface area contributed by atoms with E-state index in [2.05, 4.69) is 6.92 Å². The number of hydrogen-bond donors (Lipinski definition) is 1. The van der Waals surface area contributed by atoms with Crippen LogP contribution in [0, 0.1) is 0 Å². The molecule has 1 aliphatic heterocycles. The molecule has 0 saturated carbocycles. The highest BCUT2D eigenvalue weighted by Gasteiger charge is 2.40. The number of esters is 2. The van der Waals surface area contributed by atoms with Gasteiger partial charge in [-0.15, -0.1) is 0 Å². The Labute approximate surface area is 144 Å². The molecule has 0 aromatic heterocycles. The van der Waals surface area contributed by atoms with Gasteiger partial charge in [-0.2, -0.15) is 0 Å². The maximum atomic E-state index is 11.4. The molecular formula is C18H32O6. The molecule has 1 rings (SSSR count). The third-order valence-electron chi connectivity index (χ3n) is 4.25. The third kappa shape index (κ3) is 7.62. The van der Waals surface area contributed by atoms with Gasteiger partial charge in [0.1, 0.15) is 6.10 Å². The van der Waals surface area contributed by atoms with Gasteiger partial charge in [0.2, 0.25) is 0 Å². The van der Waals surface area contributed by atoms with Gasteiger partial charge in [-0.05, 0) is 26.2 Å². The minimum absolute atomic E-state index is 0.226. The topological polar surface area (TPSA) is 82.1 Å². The van der Waals surface area contributed by atoms with Gasteiger partial charge < -0.3 is 19.3 Å². The van der Waals surface area contributed by atoms with Crippen molar-refractivity contribution in [3.63, 3.8) is 0 Å². The fraction of sp³-hybridized carbons (Fsp3) is 0.889. The van der Waals surface area contributed by atoms with Crippen molar-refractivity contribution in [2.45, 2.75) is 96.6 Å². The molecule has 0 bridgehead atoms. The van der Waals surface area contributed by atoms with Crippen molar-refractivity contribution in [2.75, 3.05) is 6.61 Å². The van der Waals surface area contributed by atoms with Crippen LogP contribution < -0.4 is 0 Å². The van der Waals surface area contributed by atoms with Gasteiger partial charge in [-0.1, -0.05) is 26.2 Å². The smallest absolute Gasteiger partial charge is 0.305 e. The standard InChI is InChI=1S/C18H32O6/c1-4-6-7-9-14(20)16-12-17(23-13(3)19)15(24-16)10-8-11-18(21)22-5-2/h14-17,20H,4-12H2,1-3H3/t14-,15+,16-,17-/m1/s1. The van der Waals surface area contributed by atoms with Crippen molar-refractivity contribution in [1.82, 2.24) is 0 Å². The van der Waals surface area contributed by atoms with Crippen molar-refractivity contribution in [2.24, 2.45) is 0 Å². The molecule has 140 valence electrons. The zero-order valence-corrected chi connectivity index (χ0v) is 15.2. The molecule has 1 fully saturated rings. The van der Waals surface area contributed by atoms with E-state index in [1.807, 2.05) is 0 Å². The Morgan fingerprint density at radius 3 is 2.62 bits per heavy atom. The lowest BCUT2D eigenvalue weighted by molar-refractivity contribution is -0.150. The highest BCUT2D eigenvalue weighted by molar-refractivity contribution is 5.69. The van der Waals surface area contributed by atoms with Crippen molar-refractivity contribution >= 4 is 11.9 Å². The van der Waals surface area contributed by atoms with Crippen LogP contribution in [0.25, 0.3) is 0 Å². The van der Waals surface area contributed by atoms with E-state index in [-0.39, 0.29) is 30.3 Å². The lowest BCUT2D eigenvalue weighted by Crippen LogP contribution is -2.26. The summed E-state index contributed by atoms with van der Waals surface area (Å²) in [6.07, 6.45) is 4.43. The second-order valence-corrected chi connectivity index (χ2v) is 6.36. The number of aliphatic hydroxyl groups excluding tert-OH is 1. The van der Waals surface area contributed by atoms with Crippen LogP contribution in [0.3, 0.4) is 0 Å². The molecule has 1 heterocycles. The second kappa shape index (κ2) is 11.4.